The van der Waals surface area contributed by atoms with Crippen molar-refractivity contribution in [1.82, 2.24) is 0 Å². The van der Waals surface area contributed by atoms with Gasteiger partial charge < -0.3 is 5.73 Å². The van der Waals surface area contributed by atoms with Gasteiger partial charge in [0.05, 0.1) is 5.54 Å². The van der Waals surface area contributed by atoms with E-state index in [9.17, 15) is 8.78 Å². The number of nitrogens with two attached hydrogens (primary N) is 1. The Hall–Kier alpha value is -1.26. The molecule has 0 aromatic heterocycles. The van der Waals surface area contributed by atoms with E-state index in [1.165, 1.54) is 19.1 Å². The lowest BCUT2D eigenvalue weighted by atomic mass is 9.85. The maximum atomic E-state index is 14.1. The minimum Gasteiger partial charge on any atom is -0.318 e. The second-order valence-corrected chi connectivity index (χ2v) is 5.69. The average molecular weight is 326 g/mol. The van der Waals surface area contributed by atoms with Crippen molar-refractivity contribution in [3.8, 4) is 0 Å². The molecular formula is C15H14BrF2N. The number of hydrogen-bond acceptors (Lipinski definition) is 1. The van der Waals surface area contributed by atoms with Crippen LogP contribution in [0.25, 0.3) is 0 Å². The maximum absolute atomic E-state index is 14.1. The third-order valence-electron chi connectivity index (χ3n) is 3.26. The van der Waals surface area contributed by atoms with Crippen LogP contribution in [-0.2, 0) is 5.54 Å². The van der Waals surface area contributed by atoms with Crippen LogP contribution in [0, 0.1) is 18.6 Å². The van der Waals surface area contributed by atoms with Crippen molar-refractivity contribution in [2.24, 2.45) is 5.73 Å². The van der Waals surface area contributed by atoms with E-state index in [1.807, 2.05) is 12.1 Å². The average Bonchev–Trinajstić information content (AvgIpc) is 2.36. The Morgan fingerprint density at radius 1 is 1.11 bits per heavy atom. The van der Waals surface area contributed by atoms with Gasteiger partial charge in [-0.15, -0.1) is 0 Å². The summed E-state index contributed by atoms with van der Waals surface area (Å²) in [6.07, 6.45) is 0. The minimum absolute atomic E-state index is 0.147. The summed E-state index contributed by atoms with van der Waals surface area (Å²) in [7, 11) is 0. The normalized spacial score (nSPS) is 14.2. The molecule has 1 nitrogen and oxygen atoms in total. The van der Waals surface area contributed by atoms with Crippen LogP contribution in [0.15, 0.2) is 40.9 Å². The molecule has 2 rings (SSSR count). The summed E-state index contributed by atoms with van der Waals surface area (Å²) >= 11 is 3.35. The molecule has 4 heteroatoms. The molecular weight excluding hydrogens is 312 g/mol. The Morgan fingerprint density at radius 3 is 2.42 bits per heavy atom. The smallest absolute Gasteiger partial charge is 0.164 e. The fourth-order valence-corrected chi connectivity index (χ4v) is 2.41. The third-order valence-corrected chi connectivity index (χ3v) is 3.75. The van der Waals surface area contributed by atoms with Gasteiger partial charge in [-0.3, -0.25) is 0 Å². The monoisotopic (exact) mass is 325 g/mol. The predicted molar refractivity (Wildman–Crippen MR) is 75.9 cm³/mol. The zero-order valence-corrected chi connectivity index (χ0v) is 12.3. The van der Waals surface area contributed by atoms with Gasteiger partial charge in [-0.25, -0.2) is 8.78 Å². The van der Waals surface area contributed by atoms with Crippen LogP contribution in [0.1, 0.15) is 23.6 Å². The highest BCUT2D eigenvalue weighted by molar-refractivity contribution is 9.10. The van der Waals surface area contributed by atoms with Crippen molar-refractivity contribution < 1.29 is 8.78 Å². The summed E-state index contributed by atoms with van der Waals surface area (Å²) in [5, 5.41) is 0. The van der Waals surface area contributed by atoms with Gasteiger partial charge in [0, 0.05) is 10.0 Å². The molecule has 0 saturated heterocycles. The van der Waals surface area contributed by atoms with Gasteiger partial charge >= 0.3 is 0 Å². The van der Waals surface area contributed by atoms with E-state index in [2.05, 4.69) is 15.9 Å². The lowest BCUT2D eigenvalue weighted by Gasteiger charge is -2.27. The van der Waals surface area contributed by atoms with Crippen molar-refractivity contribution in [2.45, 2.75) is 19.4 Å². The maximum Gasteiger partial charge on any atom is 0.164 e. The highest BCUT2D eigenvalue weighted by Crippen LogP contribution is 2.31. The van der Waals surface area contributed by atoms with Crippen LogP contribution < -0.4 is 5.73 Å². The van der Waals surface area contributed by atoms with Crippen molar-refractivity contribution in [2.75, 3.05) is 0 Å². The van der Waals surface area contributed by atoms with Crippen LogP contribution in [0.4, 0.5) is 8.78 Å². The van der Waals surface area contributed by atoms with Crippen LogP contribution in [0.3, 0.4) is 0 Å². The summed E-state index contributed by atoms with van der Waals surface area (Å²) in [5.41, 5.74) is 6.25. The Bertz CT molecular complexity index is 624. The summed E-state index contributed by atoms with van der Waals surface area (Å²) < 4.78 is 28.6. The molecule has 0 saturated carbocycles. The Morgan fingerprint density at radius 2 is 1.79 bits per heavy atom. The standard InChI is InChI=1S/C15H14BrF2N/c1-9-6-7-12(14(18)13(9)17)15(2,19)10-4-3-5-11(16)8-10/h3-8H,19H2,1-2H3. The molecule has 0 aliphatic rings. The zero-order chi connectivity index (χ0) is 14.2. The molecule has 2 N–H and O–H groups in total. The Labute approximate surface area is 119 Å². The van der Waals surface area contributed by atoms with Crippen LogP contribution in [-0.4, -0.2) is 0 Å². The first-order valence-corrected chi connectivity index (χ1v) is 6.63. The molecule has 0 radical (unpaired) electrons. The highest BCUT2D eigenvalue weighted by atomic mass is 79.9. The largest absolute Gasteiger partial charge is 0.318 e. The molecule has 0 fully saturated rings. The molecule has 0 heterocycles. The second-order valence-electron chi connectivity index (χ2n) is 4.77. The molecule has 1 unspecified atom stereocenters. The van der Waals surface area contributed by atoms with Gasteiger partial charge in [0.15, 0.2) is 11.6 Å². The summed E-state index contributed by atoms with van der Waals surface area (Å²) in [4.78, 5) is 0. The van der Waals surface area contributed by atoms with E-state index in [-0.39, 0.29) is 11.1 Å². The number of aryl methyl sites for hydroxylation is 1. The lowest BCUT2D eigenvalue weighted by molar-refractivity contribution is 0.464. The van der Waals surface area contributed by atoms with E-state index in [4.69, 9.17) is 5.73 Å². The van der Waals surface area contributed by atoms with Crippen LogP contribution >= 0.6 is 15.9 Å². The number of hydrogen-bond donors (Lipinski definition) is 1. The summed E-state index contributed by atoms with van der Waals surface area (Å²) in [6.45, 7) is 3.19. The molecule has 0 amide bonds. The van der Waals surface area contributed by atoms with Crippen LogP contribution in [0.2, 0.25) is 0 Å². The van der Waals surface area contributed by atoms with Crippen molar-refractivity contribution in [1.29, 1.82) is 0 Å². The SMILES string of the molecule is Cc1ccc(C(C)(N)c2cccc(Br)c2)c(F)c1F. The lowest BCUT2D eigenvalue weighted by Crippen LogP contribution is -2.35. The fraction of sp³-hybridized carbons (Fsp3) is 0.200. The van der Waals surface area contributed by atoms with Gasteiger partial charge in [-0.2, -0.15) is 0 Å². The molecule has 0 aliphatic carbocycles. The van der Waals surface area contributed by atoms with E-state index >= 15 is 0 Å². The van der Waals surface area contributed by atoms with Gasteiger partial charge in [0.2, 0.25) is 0 Å². The van der Waals surface area contributed by atoms with Crippen molar-refractivity contribution in [3.63, 3.8) is 0 Å². The molecule has 19 heavy (non-hydrogen) atoms. The number of halogens is 3. The van der Waals surface area contributed by atoms with Gasteiger partial charge in [-0.1, -0.05) is 40.2 Å². The quantitative estimate of drug-likeness (QED) is 0.877. The summed E-state index contributed by atoms with van der Waals surface area (Å²) in [5.74, 6) is -1.73. The molecule has 1 atom stereocenters. The molecule has 2 aromatic rings. The van der Waals surface area contributed by atoms with Crippen molar-refractivity contribution >= 4 is 15.9 Å². The molecule has 0 aliphatic heterocycles. The van der Waals surface area contributed by atoms with E-state index in [1.54, 1.807) is 19.1 Å². The van der Waals surface area contributed by atoms with E-state index in [0.717, 1.165) is 4.47 Å². The highest BCUT2D eigenvalue weighted by Gasteiger charge is 2.29. The van der Waals surface area contributed by atoms with Gasteiger partial charge in [0.25, 0.3) is 0 Å². The Balaban J connectivity index is 2.60. The number of benzene rings is 2. The predicted octanol–water partition coefficient (Wildman–Crippen LogP) is 4.26. The molecule has 0 bridgehead atoms. The minimum atomic E-state index is -1.09. The Kier molecular flexibility index (Phi) is 3.74. The fourth-order valence-electron chi connectivity index (χ4n) is 2.01. The van der Waals surface area contributed by atoms with E-state index in [0.29, 0.717) is 5.56 Å². The third kappa shape index (κ3) is 2.55. The first kappa shape index (κ1) is 14.2. The van der Waals surface area contributed by atoms with Crippen LogP contribution in [0.5, 0.6) is 0 Å². The van der Waals surface area contributed by atoms with Crippen molar-refractivity contribution in [3.05, 3.63) is 69.2 Å². The van der Waals surface area contributed by atoms with Gasteiger partial charge in [-0.05, 0) is 37.1 Å². The topological polar surface area (TPSA) is 26.0 Å². The molecule has 0 spiro atoms. The second kappa shape index (κ2) is 5.02. The van der Waals surface area contributed by atoms with E-state index < -0.39 is 17.2 Å². The zero-order valence-electron chi connectivity index (χ0n) is 10.7. The number of rotatable bonds is 2. The molecule has 2 aromatic carbocycles. The molecule has 100 valence electrons. The first-order chi connectivity index (χ1) is 8.84. The van der Waals surface area contributed by atoms with Gasteiger partial charge in [0.1, 0.15) is 0 Å². The first-order valence-electron chi connectivity index (χ1n) is 5.84. The summed E-state index contributed by atoms with van der Waals surface area (Å²) in [6, 6.07) is 10.3.